The van der Waals surface area contributed by atoms with Gasteiger partial charge in [-0.15, -0.1) is 11.3 Å². The van der Waals surface area contributed by atoms with E-state index in [0.717, 1.165) is 16.3 Å². The Balaban J connectivity index is 1.53. The molecular formula is C18H21N3O3S. The van der Waals surface area contributed by atoms with Gasteiger partial charge in [0.1, 0.15) is 12.3 Å². The fourth-order valence-electron chi connectivity index (χ4n) is 2.69. The molecule has 3 rings (SSSR count). The summed E-state index contributed by atoms with van der Waals surface area (Å²) in [7, 11) is 0. The summed E-state index contributed by atoms with van der Waals surface area (Å²) >= 11 is 1.60. The van der Waals surface area contributed by atoms with Gasteiger partial charge in [0.15, 0.2) is 0 Å². The fourth-order valence-corrected chi connectivity index (χ4v) is 3.33. The van der Waals surface area contributed by atoms with E-state index in [4.69, 9.17) is 4.74 Å². The first-order valence-electron chi connectivity index (χ1n) is 8.25. The number of hydrogen-bond donors (Lipinski definition) is 1. The van der Waals surface area contributed by atoms with Gasteiger partial charge >= 0.3 is 6.03 Å². The molecule has 1 aromatic heterocycles. The summed E-state index contributed by atoms with van der Waals surface area (Å²) in [5.41, 5.74) is 0.815. The largest absolute Gasteiger partial charge is 0.494 e. The first-order valence-corrected chi connectivity index (χ1v) is 9.13. The molecule has 1 saturated heterocycles. The van der Waals surface area contributed by atoms with Crippen LogP contribution < -0.4 is 15.0 Å². The molecule has 0 aliphatic carbocycles. The molecule has 0 bridgehead atoms. The summed E-state index contributed by atoms with van der Waals surface area (Å²) in [5.74, 6) is 0.637. The van der Waals surface area contributed by atoms with Crippen molar-refractivity contribution in [3.8, 4) is 5.75 Å². The van der Waals surface area contributed by atoms with Gasteiger partial charge in [0.25, 0.3) is 0 Å². The van der Waals surface area contributed by atoms with E-state index in [2.05, 4.69) is 5.32 Å². The predicted molar refractivity (Wildman–Crippen MR) is 98.1 cm³/mol. The molecule has 0 radical (unpaired) electrons. The monoisotopic (exact) mass is 359 g/mol. The van der Waals surface area contributed by atoms with Crippen LogP contribution in [0, 0.1) is 0 Å². The molecule has 3 amide bonds. The van der Waals surface area contributed by atoms with Crippen molar-refractivity contribution >= 4 is 29.0 Å². The third-order valence-corrected chi connectivity index (χ3v) is 4.81. The van der Waals surface area contributed by atoms with Crippen molar-refractivity contribution in [2.45, 2.75) is 13.5 Å². The van der Waals surface area contributed by atoms with Crippen molar-refractivity contribution in [3.63, 3.8) is 0 Å². The van der Waals surface area contributed by atoms with Crippen LogP contribution in [0.5, 0.6) is 5.75 Å². The second-order valence-corrected chi connectivity index (χ2v) is 6.67. The van der Waals surface area contributed by atoms with Crippen molar-refractivity contribution in [1.82, 2.24) is 10.2 Å². The zero-order valence-corrected chi connectivity index (χ0v) is 14.9. The number of ether oxygens (including phenoxy) is 1. The zero-order valence-electron chi connectivity index (χ0n) is 14.1. The summed E-state index contributed by atoms with van der Waals surface area (Å²) in [6, 6.07) is 11.2. The first-order chi connectivity index (χ1) is 12.2. The maximum Gasteiger partial charge on any atom is 0.325 e. The number of amides is 3. The molecule has 0 unspecified atom stereocenters. The Bertz CT molecular complexity index is 716. The number of rotatable bonds is 7. The van der Waals surface area contributed by atoms with Gasteiger partial charge in [0.05, 0.1) is 13.2 Å². The molecule has 0 spiro atoms. The topological polar surface area (TPSA) is 61.9 Å². The highest BCUT2D eigenvalue weighted by Crippen LogP contribution is 2.23. The van der Waals surface area contributed by atoms with Crippen molar-refractivity contribution in [3.05, 3.63) is 46.7 Å². The minimum atomic E-state index is -0.143. The predicted octanol–water partition coefficient (Wildman–Crippen LogP) is 2.71. The lowest BCUT2D eigenvalue weighted by Crippen LogP contribution is -2.39. The smallest absolute Gasteiger partial charge is 0.325 e. The van der Waals surface area contributed by atoms with Crippen LogP contribution in [-0.2, 0) is 11.3 Å². The molecule has 132 valence electrons. The number of carbonyl (C=O) groups is 2. The van der Waals surface area contributed by atoms with E-state index < -0.39 is 0 Å². The number of urea groups is 1. The van der Waals surface area contributed by atoms with Crippen molar-refractivity contribution in [2.75, 3.05) is 31.1 Å². The first kappa shape index (κ1) is 17.3. The van der Waals surface area contributed by atoms with E-state index in [9.17, 15) is 9.59 Å². The normalized spacial score (nSPS) is 14.0. The Labute approximate surface area is 151 Å². The molecular weight excluding hydrogens is 338 g/mol. The number of hydrogen-bond acceptors (Lipinski definition) is 4. The standard InChI is InChI=1S/C18H21N3O3S/c1-2-24-15-7-5-14(6-8-15)21-10-9-20(18(21)23)13-17(22)19-12-16-4-3-11-25-16/h3-8,11H,2,9-10,12-13H2,1H3,(H,19,22). The van der Waals surface area contributed by atoms with Gasteiger partial charge in [-0.2, -0.15) is 0 Å². The minimum Gasteiger partial charge on any atom is -0.494 e. The van der Waals surface area contributed by atoms with E-state index in [0.29, 0.717) is 26.2 Å². The van der Waals surface area contributed by atoms with Crippen LogP contribution in [0.3, 0.4) is 0 Å². The van der Waals surface area contributed by atoms with Gasteiger partial charge in [-0.1, -0.05) is 6.07 Å². The van der Waals surface area contributed by atoms with E-state index in [-0.39, 0.29) is 18.5 Å². The van der Waals surface area contributed by atoms with E-state index >= 15 is 0 Å². The maximum absolute atomic E-state index is 12.5. The molecule has 1 fully saturated rings. The van der Waals surface area contributed by atoms with Crippen molar-refractivity contribution < 1.29 is 14.3 Å². The van der Waals surface area contributed by atoms with Crippen LogP contribution in [-0.4, -0.2) is 43.1 Å². The van der Waals surface area contributed by atoms with Gasteiger partial charge in [0.2, 0.25) is 5.91 Å². The lowest BCUT2D eigenvalue weighted by molar-refractivity contribution is -0.121. The van der Waals surface area contributed by atoms with Crippen molar-refractivity contribution in [1.29, 1.82) is 0 Å². The molecule has 0 saturated carbocycles. The highest BCUT2D eigenvalue weighted by Gasteiger charge is 2.30. The quantitative estimate of drug-likeness (QED) is 0.827. The van der Waals surface area contributed by atoms with Crippen LogP contribution in [0.25, 0.3) is 0 Å². The molecule has 2 heterocycles. The average Bonchev–Trinajstić information content (AvgIpc) is 3.25. The maximum atomic E-state index is 12.5. The van der Waals surface area contributed by atoms with Gasteiger partial charge in [0, 0.05) is 23.7 Å². The molecule has 6 nitrogen and oxygen atoms in total. The Morgan fingerprint density at radius 2 is 2.04 bits per heavy atom. The molecule has 1 aromatic carbocycles. The molecule has 1 aliphatic heterocycles. The SMILES string of the molecule is CCOc1ccc(N2CCN(CC(=O)NCc3cccs3)C2=O)cc1. The van der Waals surface area contributed by atoms with Crippen LogP contribution in [0.1, 0.15) is 11.8 Å². The lowest BCUT2D eigenvalue weighted by atomic mass is 10.3. The van der Waals surface area contributed by atoms with Crippen LogP contribution in [0.4, 0.5) is 10.5 Å². The minimum absolute atomic E-state index is 0.0811. The van der Waals surface area contributed by atoms with Gasteiger partial charge in [-0.3, -0.25) is 9.69 Å². The van der Waals surface area contributed by atoms with E-state index in [1.165, 1.54) is 0 Å². The highest BCUT2D eigenvalue weighted by atomic mass is 32.1. The van der Waals surface area contributed by atoms with Gasteiger partial charge in [-0.25, -0.2) is 4.79 Å². The third-order valence-electron chi connectivity index (χ3n) is 3.93. The molecule has 1 aliphatic rings. The summed E-state index contributed by atoms with van der Waals surface area (Å²) in [5, 5.41) is 4.82. The highest BCUT2D eigenvalue weighted by molar-refractivity contribution is 7.09. The fraction of sp³-hybridized carbons (Fsp3) is 0.333. The number of nitrogens with one attached hydrogen (secondary N) is 1. The lowest BCUT2D eigenvalue weighted by Gasteiger charge is -2.18. The zero-order chi connectivity index (χ0) is 17.6. The number of anilines is 1. The number of nitrogens with zero attached hydrogens (tertiary/aromatic N) is 2. The summed E-state index contributed by atoms with van der Waals surface area (Å²) in [6.07, 6.45) is 0. The molecule has 7 heteroatoms. The second kappa shape index (κ2) is 8.02. The van der Waals surface area contributed by atoms with Crippen LogP contribution in [0.2, 0.25) is 0 Å². The summed E-state index contributed by atoms with van der Waals surface area (Å²) in [6.45, 7) is 4.23. The van der Waals surface area contributed by atoms with Gasteiger partial charge in [-0.05, 0) is 42.6 Å². The van der Waals surface area contributed by atoms with E-state index in [1.54, 1.807) is 21.1 Å². The molecule has 25 heavy (non-hydrogen) atoms. The Morgan fingerprint density at radius 3 is 2.72 bits per heavy atom. The molecule has 0 atom stereocenters. The van der Waals surface area contributed by atoms with E-state index in [1.807, 2.05) is 48.7 Å². The number of thiophene rings is 1. The van der Waals surface area contributed by atoms with Gasteiger partial charge < -0.3 is 15.0 Å². The summed E-state index contributed by atoms with van der Waals surface area (Å²) in [4.78, 5) is 28.9. The Morgan fingerprint density at radius 1 is 1.24 bits per heavy atom. The Hall–Kier alpha value is -2.54. The van der Waals surface area contributed by atoms with Crippen LogP contribution >= 0.6 is 11.3 Å². The Kier molecular flexibility index (Phi) is 5.55. The summed E-state index contributed by atoms with van der Waals surface area (Å²) < 4.78 is 5.42. The average molecular weight is 359 g/mol. The molecule has 1 N–H and O–H groups in total. The third kappa shape index (κ3) is 4.30. The number of carbonyl (C=O) groups excluding carboxylic acids is 2. The van der Waals surface area contributed by atoms with Crippen LogP contribution in [0.15, 0.2) is 41.8 Å². The number of benzene rings is 1. The second-order valence-electron chi connectivity index (χ2n) is 5.64. The van der Waals surface area contributed by atoms with Crippen molar-refractivity contribution in [2.24, 2.45) is 0 Å². The molecule has 2 aromatic rings.